The zero-order valence-electron chi connectivity index (χ0n) is 10.2. The molecule has 0 saturated carbocycles. The van der Waals surface area contributed by atoms with E-state index in [1.54, 1.807) is 16.8 Å². The Labute approximate surface area is 118 Å². The van der Waals surface area contributed by atoms with Crippen molar-refractivity contribution in [3.8, 4) is 0 Å². The summed E-state index contributed by atoms with van der Waals surface area (Å²) in [6, 6.07) is 1.83. The Morgan fingerprint density at radius 2 is 2.39 bits per heavy atom. The third-order valence-electron chi connectivity index (χ3n) is 2.69. The summed E-state index contributed by atoms with van der Waals surface area (Å²) in [6.45, 7) is 5.26. The van der Waals surface area contributed by atoms with Crippen molar-refractivity contribution in [2.75, 3.05) is 0 Å². The molecule has 4 nitrogen and oxygen atoms in total. The molecule has 0 fully saturated rings. The zero-order chi connectivity index (χ0) is 13.1. The number of carbonyl (C=O) groups excluding carboxylic acids is 1. The van der Waals surface area contributed by atoms with Crippen molar-refractivity contribution < 1.29 is 4.79 Å². The van der Waals surface area contributed by atoms with Gasteiger partial charge in [0.1, 0.15) is 5.69 Å². The quantitative estimate of drug-likeness (QED) is 0.938. The van der Waals surface area contributed by atoms with Crippen molar-refractivity contribution in [2.24, 2.45) is 0 Å². The lowest BCUT2D eigenvalue weighted by atomic mass is 10.3. The van der Waals surface area contributed by atoms with Crippen LogP contribution in [0.5, 0.6) is 0 Å². The first kappa shape index (κ1) is 13.3. The molecule has 96 valence electrons. The average molecular weight is 328 g/mol. The maximum Gasteiger partial charge on any atom is 0.268 e. The Hall–Kier alpha value is -1.14. The second-order valence-electron chi connectivity index (χ2n) is 3.87. The molecule has 0 spiro atoms. The summed E-state index contributed by atoms with van der Waals surface area (Å²) in [4.78, 5) is 17.3. The summed E-state index contributed by atoms with van der Waals surface area (Å²) < 4.78 is 2.84. The normalized spacial score (nSPS) is 10.6. The minimum absolute atomic E-state index is 0.0599. The molecule has 1 N–H and O–H groups in total. The molecular weight excluding hydrogens is 314 g/mol. The highest BCUT2D eigenvalue weighted by molar-refractivity contribution is 9.10. The van der Waals surface area contributed by atoms with Crippen LogP contribution in [0.1, 0.15) is 28.0 Å². The number of thiazole rings is 1. The third kappa shape index (κ3) is 2.81. The number of aromatic nitrogens is 2. The first-order chi connectivity index (χ1) is 8.61. The number of halogens is 1. The van der Waals surface area contributed by atoms with Crippen LogP contribution in [-0.2, 0) is 13.1 Å². The summed E-state index contributed by atoms with van der Waals surface area (Å²) in [5.41, 5.74) is 3.45. The summed E-state index contributed by atoms with van der Waals surface area (Å²) in [5, 5.41) is 2.92. The maximum atomic E-state index is 12.1. The fraction of sp³-hybridized carbons (Fsp3) is 0.333. The van der Waals surface area contributed by atoms with Gasteiger partial charge < -0.3 is 9.88 Å². The predicted molar refractivity (Wildman–Crippen MR) is 75.8 cm³/mol. The number of hydrogen-bond donors (Lipinski definition) is 1. The maximum absolute atomic E-state index is 12.1. The minimum Gasteiger partial charge on any atom is -0.346 e. The molecule has 0 atom stereocenters. The molecule has 0 saturated heterocycles. The van der Waals surface area contributed by atoms with E-state index in [-0.39, 0.29) is 5.91 Å². The second-order valence-corrected chi connectivity index (χ2v) is 5.73. The summed E-state index contributed by atoms with van der Waals surface area (Å²) in [6.07, 6.45) is 1.91. The number of hydrogen-bond acceptors (Lipinski definition) is 3. The van der Waals surface area contributed by atoms with Crippen LogP contribution in [0.25, 0.3) is 0 Å². The van der Waals surface area contributed by atoms with Crippen molar-refractivity contribution in [2.45, 2.75) is 26.9 Å². The van der Waals surface area contributed by atoms with Gasteiger partial charge >= 0.3 is 0 Å². The van der Waals surface area contributed by atoms with E-state index in [0.717, 1.165) is 21.6 Å². The predicted octanol–water partition coefficient (Wildman–Crippen LogP) is 2.97. The molecule has 0 aromatic carbocycles. The van der Waals surface area contributed by atoms with Gasteiger partial charge in [-0.2, -0.15) is 0 Å². The lowest BCUT2D eigenvalue weighted by molar-refractivity contribution is 0.0942. The van der Waals surface area contributed by atoms with Crippen LogP contribution in [0.15, 0.2) is 22.2 Å². The average Bonchev–Trinajstić information content (AvgIpc) is 2.92. The zero-order valence-corrected chi connectivity index (χ0v) is 12.6. The van der Waals surface area contributed by atoms with Gasteiger partial charge in [-0.15, -0.1) is 11.3 Å². The largest absolute Gasteiger partial charge is 0.346 e. The van der Waals surface area contributed by atoms with E-state index in [0.29, 0.717) is 12.2 Å². The van der Waals surface area contributed by atoms with Crippen molar-refractivity contribution in [1.82, 2.24) is 14.9 Å². The van der Waals surface area contributed by atoms with Gasteiger partial charge in [-0.25, -0.2) is 4.98 Å². The van der Waals surface area contributed by atoms with E-state index in [1.165, 1.54) is 0 Å². The van der Waals surface area contributed by atoms with Gasteiger partial charge in [-0.05, 0) is 35.8 Å². The van der Waals surface area contributed by atoms with Crippen LogP contribution in [0.2, 0.25) is 0 Å². The standard InChI is InChI=1S/C12H14BrN3OS/c1-3-16-6-9(13)4-10(16)12(17)14-5-11-8(2)15-7-18-11/h4,6-7H,3,5H2,1-2H3,(H,14,17). The molecule has 0 radical (unpaired) electrons. The van der Waals surface area contributed by atoms with E-state index in [4.69, 9.17) is 0 Å². The van der Waals surface area contributed by atoms with Gasteiger partial charge in [0.05, 0.1) is 17.7 Å². The molecule has 0 aliphatic rings. The van der Waals surface area contributed by atoms with Gasteiger partial charge in [-0.3, -0.25) is 4.79 Å². The van der Waals surface area contributed by atoms with Gasteiger partial charge in [0.25, 0.3) is 5.91 Å². The smallest absolute Gasteiger partial charge is 0.268 e. The number of rotatable bonds is 4. The van der Waals surface area contributed by atoms with Crippen molar-refractivity contribution in [1.29, 1.82) is 0 Å². The van der Waals surface area contributed by atoms with Gasteiger partial charge in [-0.1, -0.05) is 0 Å². The molecule has 2 heterocycles. The van der Waals surface area contributed by atoms with Gasteiger partial charge in [0, 0.05) is 22.1 Å². The summed E-state index contributed by atoms with van der Waals surface area (Å²) in [7, 11) is 0. The molecule has 0 aliphatic heterocycles. The molecule has 1 amide bonds. The van der Waals surface area contributed by atoms with E-state index in [1.807, 2.05) is 30.7 Å². The van der Waals surface area contributed by atoms with Crippen LogP contribution < -0.4 is 5.32 Å². The number of nitrogens with zero attached hydrogens (tertiary/aromatic N) is 2. The van der Waals surface area contributed by atoms with Crippen molar-refractivity contribution >= 4 is 33.2 Å². The van der Waals surface area contributed by atoms with E-state index < -0.39 is 0 Å². The van der Waals surface area contributed by atoms with Crippen LogP contribution >= 0.6 is 27.3 Å². The third-order valence-corrected chi connectivity index (χ3v) is 4.06. The molecule has 0 aliphatic carbocycles. The van der Waals surface area contributed by atoms with Crippen molar-refractivity contribution in [3.05, 3.63) is 38.5 Å². The first-order valence-corrected chi connectivity index (χ1v) is 7.32. The highest BCUT2D eigenvalue weighted by atomic mass is 79.9. The molecule has 2 rings (SSSR count). The van der Waals surface area contributed by atoms with Crippen molar-refractivity contribution in [3.63, 3.8) is 0 Å². The molecular formula is C12H14BrN3OS. The Morgan fingerprint density at radius 3 is 3.00 bits per heavy atom. The Balaban J connectivity index is 2.06. The van der Waals surface area contributed by atoms with Crippen LogP contribution in [0.3, 0.4) is 0 Å². The lowest BCUT2D eigenvalue weighted by Crippen LogP contribution is -2.25. The Bertz CT molecular complexity index is 561. The van der Waals surface area contributed by atoms with Crippen LogP contribution in [-0.4, -0.2) is 15.5 Å². The SMILES string of the molecule is CCn1cc(Br)cc1C(=O)NCc1scnc1C. The van der Waals surface area contributed by atoms with Gasteiger partial charge in [0.2, 0.25) is 0 Å². The van der Waals surface area contributed by atoms with E-state index >= 15 is 0 Å². The molecule has 2 aromatic rings. The monoisotopic (exact) mass is 327 g/mol. The molecule has 18 heavy (non-hydrogen) atoms. The summed E-state index contributed by atoms with van der Waals surface area (Å²) in [5.74, 6) is -0.0599. The molecule has 2 aromatic heterocycles. The van der Waals surface area contributed by atoms with E-state index in [2.05, 4.69) is 26.2 Å². The lowest BCUT2D eigenvalue weighted by Gasteiger charge is -2.07. The topological polar surface area (TPSA) is 46.9 Å². The summed E-state index contributed by atoms with van der Waals surface area (Å²) >= 11 is 4.94. The second kappa shape index (κ2) is 5.67. The number of nitrogens with one attached hydrogen (secondary N) is 1. The molecule has 0 unspecified atom stereocenters. The number of aryl methyl sites for hydroxylation is 2. The fourth-order valence-electron chi connectivity index (χ4n) is 1.67. The molecule has 6 heteroatoms. The first-order valence-electron chi connectivity index (χ1n) is 5.64. The Kier molecular flexibility index (Phi) is 4.19. The van der Waals surface area contributed by atoms with Crippen LogP contribution in [0.4, 0.5) is 0 Å². The number of amides is 1. The minimum atomic E-state index is -0.0599. The highest BCUT2D eigenvalue weighted by Gasteiger charge is 2.12. The van der Waals surface area contributed by atoms with Gasteiger partial charge in [0.15, 0.2) is 0 Å². The van der Waals surface area contributed by atoms with E-state index in [9.17, 15) is 4.79 Å². The molecule has 0 bridgehead atoms. The number of carbonyl (C=O) groups is 1. The highest BCUT2D eigenvalue weighted by Crippen LogP contribution is 2.16. The van der Waals surface area contributed by atoms with Crippen LogP contribution in [0, 0.1) is 6.92 Å². The fourth-order valence-corrected chi connectivity index (χ4v) is 2.85. The Morgan fingerprint density at radius 1 is 1.61 bits per heavy atom.